The van der Waals surface area contributed by atoms with Gasteiger partial charge in [-0.3, -0.25) is 9.58 Å². The van der Waals surface area contributed by atoms with Crippen molar-refractivity contribution in [2.75, 3.05) is 19.7 Å². The Morgan fingerprint density at radius 2 is 2.24 bits per heavy atom. The number of ether oxygens (including phenoxy) is 1. The van der Waals surface area contributed by atoms with Gasteiger partial charge in [-0.25, -0.2) is 4.98 Å². The van der Waals surface area contributed by atoms with Gasteiger partial charge < -0.3 is 4.74 Å². The third-order valence-corrected chi connectivity index (χ3v) is 4.65. The fourth-order valence-corrected chi connectivity index (χ4v) is 3.62. The van der Waals surface area contributed by atoms with Gasteiger partial charge in [0, 0.05) is 36.4 Å². The Morgan fingerprint density at radius 1 is 1.38 bits per heavy atom. The minimum Gasteiger partial charge on any atom is -0.374 e. The van der Waals surface area contributed by atoms with E-state index in [2.05, 4.69) is 39.6 Å². The van der Waals surface area contributed by atoms with E-state index in [4.69, 9.17) is 4.74 Å². The van der Waals surface area contributed by atoms with Gasteiger partial charge in [0.15, 0.2) is 0 Å². The van der Waals surface area contributed by atoms with Crippen LogP contribution >= 0.6 is 11.3 Å². The van der Waals surface area contributed by atoms with E-state index >= 15 is 0 Å². The number of aromatic nitrogens is 3. The summed E-state index contributed by atoms with van der Waals surface area (Å²) in [5.74, 6) is 0. The van der Waals surface area contributed by atoms with Crippen LogP contribution in [0.5, 0.6) is 0 Å². The van der Waals surface area contributed by atoms with E-state index in [1.165, 1.54) is 10.6 Å². The standard InChI is InChI=1S/C15H22N4OS/c1-11-6-12(2)19(17-11)9-14-8-18(4-5-20-14)10-15-7-16-13(3)21-15/h6-7,14H,4-5,8-10H2,1-3H3/t14-/m0/s1. The van der Waals surface area contributed by atoms with E-state index < -0.39 is 0 Å². The molecule has 2 aromatic rings. The molecule has 1 atom stereocenters. The Labute approximate surface area is 129 Å². The van der Waals surface area contributed by atoms with Crippen LogP contribution in [0, 0.1) is 20.8 Å². The number of thiazole rings is 1. The second kappa shape index (κ2) is 6.25. The summed E-state index contributed by atoms with van der Waals surface area (Å²) in [5, 5.41) is 5.66. The van der Waals surface area contributed by atoms with Gasteiger partial charge in [-0.2, -0.15) is 5.10 Å². The predicted octanol–water partition coefficient (Wildman–Crippen LogP) is 2.17. The third-order valence-electron chi connectivity index (χ3n) is 3.75. The fourth-order valence-electron chi connectivity index (χ4n) is 2.79. The summed E-state index contributed by atoms with van der Waals surface area (Å²) in [7, 11) is 0. The first-order chi connectivity index (χ1) is 10.1. The molecule has 0 N–H and O–H groups in total. The SMILES string of the molecule is Cc1cc(C)n(C[C@@H]2CN(Cc3cnc(C)s3)CCO2)n1. The van der Waals surface area contributed by atoms with Gasteiger partial charge in [-0.15, -0.1) is 11.3 Å². The normalized spacial score (nSPS) is 20.0. The van der Waals surface area contributed by atoms with Crippen LogP contribution in [0.15, 0.2) is 12.3 Å². The molecule has 0 radical (unpaired) electrons. The van der Waals surface area contributed by atoms with E-state index in [1.807, 2.05) is 13.1 Å². The fraction of sp³-hybridized carbons (Fsp3) is 0.600. The van der Waals surface area contributed by atoms with Crippen LogP contribution in [-0.2, 0) is 17.8 Å². The van der Waals surface area contributed by atoms with Gasteiger partial charge >= 0.3 is 0 Å². The number of morpholine rings is 1. The number of rotatable bonds is 4. The lowest BCUT2D eigenvalue weighted by Gasteiger charge is -2.32. The Bertz CT molecular complexity index is 607. The molecule has 0 amide bonds. The average molecular weight is 306 g/mol. The molecule has 0 aromatic carbocycles. The summed E-state index contributed by atoms with van der Waals surface area (Å²) in [5.41, 5.74) is 2.27. The first-order valence-corrected chi connectivity index (χ1v) is 8.18. The van der Waals surface area contributed by atoms with E-state index in [0.29, 0.717) is 0 Å². The maximum absolute atomic E-state index is 5.90. The van der Waals surface area contributed by atoms with Crippen molar-refractivity contribution in [3.05, 3.63) is 33.5 Å². The number of hydrogen-bond acceptors (Lipinski definition) is 5. The first-order valence-electron chi connectivity index (χ1n) is 7.36. The zero-order valence-electron chi connectivity index (χ0n) is 12.9. The molecule has 21 heavy (non-hydrogen) atoms. The largest absolute Gasteiger partial charge is 0.374 e. The van der Waals surface area contributed by atoms with Gasteiger partial charge in [-0.05, 0) is 26.8 Å². The highest BCUT2D eigenvalue weighted by atomic mass is 32.1. The summed E-state index contributed by atoms with van der Waals surface area (Å²) in [6.07, 6.45) is 2.21. The summed E-state index contributed by atoms with van der Waals surface area (Å²) < 4.78 is 7.96. The second-order valence-electron chi connectivity index (χ2n) is 5.68. The molecular weight excluding hydrogens is 284 g/mol. The molecule has 3 heterocycles. The molecule has 0 saturated carbocycles. The lowest BCUT2D eigenvalue weighted by Crippen LogP contribution is -2.43. The van der Waals surface area contributed by atoms with E-state index in [-0.39, 0.29) is 6.10 Å². The molecule has 1 saturated heterocycles. The van der Waals surface area contributed by atoms with Crippen molar-refractivity contribution in [3.8, 4) is 0 Å². The van der Waals surface area contributed by atoms with Gasteiger partial charge in [0.25, 0.3) is 0 Å². The van der Waals surface area contributed by atoms with E-state index in [9.17, 15) is 0 Å². The van der Waals surface area contributed by atoms with Crippen LogP contribution in [-0.4, -0.2) is 45.5 Å². The Kier molecular flexibility index (Phi) is 4.37. The van der Waals surface area contributed by atoms with Crippen molar-refractivity contribution < 1.29 is 4.74 Å². The Hall–Kier alpha value is -1.24. The lowest BCUT2D eigenvalue weighted by molar-refractivity contribution is -0.0402. The number of aryl methyl sites for hydroxylation is 3. The van der Waals surface area contributed by atoms with Crippen molar-refractivity contribution in [1.82, 2.24) is 19.7 Å². The first kappa shape index (κ1) is 14.7. The van der Waals surface area contributed by atoms with Crippen molar-refractivity contribution in [2.45, 2.75) is 40.0 Å². The van der Waals surface area contributed by atoms with E-state index in [0.717, 1.165) is 43.5 Å². The zero-order valence-corrected chi connectivity index (χ0v) is 13.7. The molecule has 2 aromatic heterocycles. The van der Waals surface area contributed by atoms with Crippen LogP contribution in [0.1, 0.15) is 21.3 Å². The monoisotopic (exact) mass is 306 g/mol. The van der Waals surface area contributed by atoms with Gasteiger partial charge in [0.2, 0.25) is 0 Å². The molecule has 6 heteroatoms. The minimum atomic E-state index is 0.214. The summed E-state index contributed by atoms with van der Waals surface area (Å²) in [4.78, 5) is 8.11. The highest BCUT2D eigenvalue weighted by Gasteiger charge is 2.22. The summed E-state index contributed by atoms with van der Waals surface area (Å²) in [6.45, 7) is 10.7. The van der Waals surface area contributed by atoms with Gasteiger partial charge in [-0.1, -0.05) is 0 Å². The van der Waals surface area contributed by atoms with Crippen LogP contribution < -0.4 is 0 Å². The molecule has 3 rings (SSSR count). The molecule has 0 aliphatic carbocycles. The highest BCUT2D eigenvalue weighted by Crippen LogP contribution is 2.17. The average Bonchev–Trinajstić information content (AvgIpc) is 2.96. The van der Waals surface area contributed by atoms with Gasteiger partial charge in [0.1, 0.15) is 0 Å². The topological polar surface area (TPSA) is 43.2 Å². The molecule has 0 unspecified atom stereocenters. The summed E-state index contributed by atoms with van der Waals surface area (Å²) in [6, 6.07) is 2.11. The van der Waals surface area contributed by atoms with Crippen molar-refractivity contribution in [3.63, 3.8) is 0 Å². The molecule has 0 spiro atoms. The maximum Gasteiger partial charge on any atom is 0.0898 e. The number of nitrogens with zero attached hydrogens (tertiary/aromatic N) is 4. The molecule has 5 nitrogen and oxygen atoms in total. The van der Waals surface area contributed by atoms with Crippen LogP contribution in [0.25, 0.3) is 0 Å². The molecule has 1 aliphatic heterocycles. The van der Waals surface area contributed by atoms with Crippen LogP contribution in [0.3, 0.4) is 0 Å². The highest BCUT2D eigenvalue weighted by molar-refractivity contribution is 7.11. The lowest BCUT2D eigenvalue weighted by atomic mass is 10.2. The second-order valence-corrected chi connectivity index (χ2v) is 7.00. The Balaban J connectivity index is 1.59. The van der Waals surface area contributed by atoms with Crippen LogP contribution in [0.4, 0.5) is 0 Å². The summed E-state index contributed by atoms with van der Waals surface area (Å²) >= 11 is 1.78. The molecular formula is C15H22N4OS. The van der Waals surface area contributed by atoms with Crippen molar-refractivity contribution in [1.29, 1.82) is 0 Å². The smallest absolute Gasteiger partial charge is 0.0898 e. The zero-order chi connectivity index (χ0) is 14.8. The predicted molar refractivity (Wildman–Crippen MR) is 83.6 cm³/mol. The number of hydrogen-bond donors (Lipinski definition) is 0. The maximum atomic E-state index is 5.90. The molecule has 114 valence electrons. The van der Waals surface area contributed by atoms with Crippen molar-refractivity contribution >= 4 is 11.3 Å². The molecule has 0 bridgehead atoms. The Morgan fingerprint density at radius 3 is 2.90 bits per heavy atom. The van der Waals surface area contributed by atoms with Crippen molar-refractivity contribution in [2.24, 2.45) is 0 Å². The van der Waals surface area contributed by atoms with E-state index in [1.54, 1.807) is 11.3 Å². The quantitative estimate of drug-likeness (QED) is 0.868. The van der Waals surface area contributed by atoms with Gasteiger partial charge in [0.05, 0.1) is 30.0 Å². The molecule has 1 fully saturated rings. The minimum absolute atomic E-state index is 0.214. The third kappa shape index (κ3) is 3.70. The van der Waals surface area contributed by atoms with Crippen LogP contribution in [0.2, 0.25) is 0 Å². The molecule has 1 aliphatic rings.